The van der Waals surface area contributed by atoms with E-state index >= 15 is 0 Å². The second kappa shape index (κ2) is 6.10. The molecule has 0 saturated carbocycles. The summed E-state index contributed by atoms with van der Waals surface area (Å²) in [4.78, 5) is 0. The van der Waals surface area contributed by atoms with Gasteiger partial charge in [-0.25, -0.2) is 4.39 Å². The van der Waals surface area contributed by atoms with E-state index in [1.54, 1.807) is 24.0 Å². The number of nitrogens with zero attached hydrogens (tertiary/aromatic N) is 3. The van der Waals surface area contributed by atoms with Crippen LogP contribution in [0.25, 0.3) is 0 Å². The summed E-state index contributed by atoms with van der Waals surface area (Å²) < 4.78 is 14.9. The van der Waals surface area contributed by atoms with E-state index in [0.29, 0.717) is 18.7 Å². The van der Waals surface area contributed by atoms with Crippen LogP contribution in [0.5, 0.6) is 0 Å². The van der Waals surface area contributed by atoms with Crippen LogP contribution in [0.2, 0.25) is 5.02 Å². The van der Waals surface area contributed by atoms with Crippen molar-refractivity contribution in [3.63, 3.8) is 0 Å². The fourth-order valence-corrected chi connectivity index (χ4v) is 1.76. The van der Waals surface area contributed by atoms with Gasteiger partial charge in [-0.1, -0.05) is 22.9 Å². The maximum atomic E-state index is 13.3. The van der Waals surface area contributed by atoms with Crippen LogP contribution in [0, 0.1) is 5.82 Å². The van der Waals surface area contributed by atoms with Gasteiger partial charge in [0.1, 0.15) is 5.82 Å². The fourth-order valence-electron chi connectivity index (χ4n) is 1.65. The van der Waals surface area contributed by atoms with Crippen LogP contribution < -0.4 is 5.32 Å². The maximum Gasteiger partial charge on any atom is 0.142 e. The Morgan fingerprint density at radius 1 is 1.53 bits per heavy atom. The third-order valence-electron chi connectivity index (χ3n) is 2.78. The first-order valence-corrected chi connectivity index (χ1v) is 6.13. The second-order valence-corrected chi connectivity index (χ2v) is 4.58. The summed E-state index contributed by atoms with van der Waals surface area (Å²) in [7, 11) is 1.79. The van der Waals surface area contributed by atoms with Gasteiger partial charge in [0.25, 0.3) is 0 Å². The van der Waals surface area contributed by atoms with E-state index in [4.69, 9.17) is 11.6 Å². The molecule has 0 amide bonds. The predicted octanol–water partition coefficient (Wildman–Crippen LogP) is 1.43. The first kappa shape index (κ1) is 13.9. The van der Waals surface area contributed by atoms with Crippen LogP contribution in [-0.2, 0) is 13.6 Å². The number of rotatable bonds is 5. The molecule has 7 heteroatoms. The highest BCUT2D eigenvalue weighted by atomic mass is 35.5. The average Bonchev–Trinajstić information content (AvgIpc) is 2.78. The molecular weight excluding hydrogens is 271 g/mol. The van der Waals surface area contributed by atoms with Gasteiger partial charge in [0.05, 0.1) is 23.0 Å². The Bertz CT molecular complexity index is 560. The number of aliphatic hydroxyl groups excluding tert-OH is 1. The smallest absolute Gasteiger partial charge is 0.142 e. The Morgan fingerprint density at radius 3 is 2.95 bits per heavy atom. The van der Waals surface area contributed by atoms with Gasteiger partial charge in [0.15, 0.2) is 0 Å². The standard InChI is InChI=1S/C12H14ClFN4O/c1-18-9(6-16-17-18)5-15-7-12(19)8-2-3-10(13)11(14)4-8/h2-4,6,12,15,19H,5,7H2,1H3. The number of aromatic nitrogens is 3. The molecule has 0 radical (unpaired) electrons. The molecule has 5 nitrogen and oxygen atoms in total. The Morgan fingerprint density at radius 2 is 2.32 bits per heavy atom. The molecule has 2 aromatic rings. The number of nitrogens with one attached hydrogen (secondary N) is 1. The van der Waals surface area contributed by atoms with Crippen molar-refractivity contribution in [2.24, 2.45) is 7.05 Å². The van der Waals surface area contributed by atoms with Gasteiger partial charge in [-0.2, -0.15) is 0 Å². The average molecular weight is 285 g/mol. The molecule has 0 saturated heterocycles. The van der Waals surface area contributed by atoms with Gasteiger partial charge in [0.2, 0.25) is 0 Å². The molecule has 1 aromatic heterocycles. The number of aryl methyl sites for hydroxylation is 1. The summed E-state index contributed by atoms with van der Waals surface area (Å²) in [6, 6.07) is 4.27. The minimum atomic E-state index is -0.798. The Labute approximate surface area is 115 Å². The van der Waals surface area contributed by atoms with Crippen molar-refractivity contribution >= 4 is 11.6 Å². The number of hydrogen-bond donors (Lipinski definition) is 2. The molecule has 19 heavy (non-hydrogen) atoms. The monoisotopic (exact) mass is 284 g/mol. The zero-order chi connectivity index (χ0) is 13.8. The van der Waals surface area contributed by atoms with E-state index < -0.39 is 11.9 Å². The highest BCUT2D eigenvalue weighted by molar-refractivity contribution is 6.30. The van der Waals surface area contributed by atoms with Crippen LogP contribution in [0.15, 0.2) is 24.4 Å². The molecule has 1 unspecified atom stereocenters. The summed E-state index contributed by atoms with van der Waals surface area (Å²) in [5, 5.41) is 20.6. The van der Waals surface area contributed by atoms with Crippen LogP contribution in [0.4, 0.5) is 4.39 Å². The third kappa shape index (κ3) is 3.50. The molecule has 0 bridgehead atoms. The molecule has 0 aliphatic carbocycles. The molecule has 0 aliphatic rings. The topological polar surface area (TPSA) is 63.0 Å². The van der Waals surface area contributed by atoms with Crippen molar-refractivity contribution in [3.05, 3.63) is 46.5 Å². The van der Waals surface area contributed by atoms with Crippen molar-refractivity contribution in [1.29, 1.82) is 0 Å². The Balaban J connectivity index is 1.89. The molecular formula is C12H14ClFN4O. The lowest BCUT2D eigenvalue weighted by Crippen LogP contribution is -2.22. The summed E-state index contributed by atoms with van der Waals surface area (Å²) in [6.45, 7) is 0.822. The van der Waals surface area contributed by atoms with Crippen molar-refractivity contribution in [3.8, 4) is 0 Å². The minimum absolute atomic E-state index is 0.0462. The van der Waals surface area contributed by atoms with Gasteiger partial charge >= 0.3 is 0 Å². The highest BCUT2D eigenvalue weighted by Gasteiger charge is 2.10. The van der Waals surface area contributed by atoms with Crippen LogP contribution >= 0.6 is 11.6 Å². The maximum absolute atomic E-state index is 13.3. The quantitative estimate of drug-likeness (QED) is 0.872. The molecule has 0 fully saturated rings. The van der Waals surface area contributed by atoms with Gasteiger partial charge in [0, 0.05) is 20.1 Å². The van der Waals surface area contributed by atoms with E-state index in [1.807, 2.05) is 0 Å². The summed E-state index contributed by atoms with van der Waals surface area (Å²) in [5.41, 5.74) is 1.38. The van der Waals surface area contributed by atoms with Crippen molar-refractivity contribution in [2.75, 3.05) is 6.54 Å². The van der Waals surface area contributed by atoms with Crippen LogP contribution in [0.3, 0.4) is 0 Å². The zero-order valence-corrected chi connectivity index (χ0v) is 11.1. The van der Waals surface area contributed by atoms with Gasteiger partial charge in [-0.05, 0) is 17.7 Å². The van der Waals surface area contributed by atoms with E-state index in [1.165, 1.54) is 12.1 Å². The van der Waals surface area contributed by atoms with Crippen molar-refractivity contribution in [2.45, 2.75) is 12.6 Å². The van der Waals surface area contributed by atoms with Crippen molar-refractivity contribution < 1.29 is 9.50 Å². The third-order valence-corrected chi connectivity index (χ3v) is 3.09. The van der Waals surface area contributed by atoms with Gasteiger partial charge < -0.3 is 10.4 Å². The van der Waals surface area contributed by atoms with Crippen molar-refractivity contribution in [1.82, 2.24) is 20.3 Å². The lowest BCUT2D eigenvalue weighted by molar-refractivity contribution is 0.173. The van der Waals surface area contributed by atoms with Gasteiger partial charge in [-0.15, -0.1) is 5.10 Å². The summed E-state index contributed by atoms with van der Waals surface area (Å²) >= 11 is 5.59. The highest BCUT2D eigenvalue weighted by Crippen LogP contribution is 2.19. The molecule has 0 spiro atoms. The zero-order valence-electron chi connectivity index (χ0n) is 10.3. The number of aliphatic hydroxyl groups is 1. The van der Waals surface area contributed by atoms with E-state index in [-0.39, 0.29) is 5.02 Å². The molecule has 2 N–H and O–H groups in total. The number of hydrogen-bond acceptors (Lipinski definition) is 4. The van der Waals surface area contributed by atoms with E-state index in [0.717, 1.165) is 5.69 Å². The van der Waals surface area contributed by atoms with Crippen LogP contribution in [0.1, 0.15) is 17.4 Å². The molecule has 2 rings (SSSR count). The molecule has 0 aliphatic heterocycles. The fraction of sp³-hybridized carbons (Fsp3) is 0.333. The molecule has 1 heterocycles. The Kier molecular flexibility index (Phi) is 4.47. The van der Waals surface area contributed by atoms with Crippen LogP contribution in [-0.4, -0.2) is 26.6 Å². The van der Waals surface area contributed by atoms with E-state index in [9.17, 15) is 9.50 Å². The number of halogens is 2. The lowest BCUT2D eigenvalue weighted by atomic mass is 10.1. The lowest BCUT2D eigenvalue weighted by Gasteiger charge is -2.12. The predicted molar refractivity (Wildman–Crippen MR) is 69.1 cm³/mol. The number of benzene rings is 1. The molecule has 102 valence electrons. The van der Waals surface area contributed by atoms with E-state index in [2.05, 4.69) is 15.6 Å². The minimum Gasteiger partial charge on any atom is -0.387 e. The normalized spacial score (nSPS) is 12.6. The first-order chi connectivity index (χ1) is 9.08. The van der Waals surface area contributed by atoms with Gasteiger partial charge in [-0.3, -0.25) is 4.68 Å². The Hall–Kier alpha value is -1.50. The first-order valence-electron chi connectivity index (χ1n) is 5.75. The largest absolute Gasteiger partial charge is 0.387 e. The second-order valence-electron chi connectivity index (χ2n) is 4.17. The summed E-state index contributed by atoms with van der Waals surface area (Å²) in [5.74, 6) is -0.533. The SMILES string of the molecule is Cn1nncc1CNCC(O)c1ccc(Cl)c(F)c1. The molecule has 1 atom stereocenters. The summed E-state index contributed by atoms with van der Waals surface area (Å²) in [6.07, 6.45) is 0.842. The molecule has 1 aromatic carbocycles.